The van der Waals surface area contributed by atoms with E-state index in [0.717, 1.165) is 17.1 Å². The van der Waals surface area contributed by atoms with Crippen LogP contribution < -0.4 is 4.90 Å². The third-order valence-corrected chi connectivity index (χ3v) is 2.88. The first-order valence-corrected chi connectivity index (χ1v) is 5.88. The van der Waals surface area contributed by atoms with Crippen molar-refractivity contribution in [2.45, 2.75) is 20.8 Å². The van der Waals surface area contributed by atoms with Gasteiger partial charge in [0.2, 0.25) is 0 Å². The molecular weight excluding hydrogens is 228 g/mol. The zero-order valence-electron chi connectivity index (χ0n) is 10.8. The first-order chi connectivity index (χ1) is 8.65. The van der Waals surface area contributed by atoms with Crippen LogP contribution >= 0.6 is 0 Å². The van der Waals surface area contributed by atoms with Crippen molar-refractivity contribution >= 4 is 11.6 Å². The fourth-order valence-corrected chi connectivity index (χ4v) is 1.97. The van der Waals surface area contributed by atoms with Crippen molar-refractivity contribution in [1.82, 2.24) is 15.2 Å². The Bertz CT molecular complexity index is 528. The summed E-state index contributed by atoms with van der Waals surface area (Å²) in [6.45, 7) is 6.24. The third kappa shape index (κ3) is 2.11. The minimum absolute atomic E-state index is 0.0348. The molecule has 2 heterocycles. The highest BCUT2D eigenvalue weighted by molar-refractivity contribution is 6.07. The minimum atomic E-state index is -0.0348. The Balaban J connectivity index is 2.38. The van der Waals surface area contributed by atoms with Gasteiger partial charge in [-0.3, -0.25) is 14.9 Å². The molecule has 0 saturated carbocycles. The van der Waals surface area contributed by atoms with Gasteiger partial charge in [-0.2, -0.15) is 5.10 Å². The first-order valence-electron chi connectivity index (χ1n) is 5.88. The Kier molecular flexibility index (Phi) is 3.41. The van der Waals surface area contributed by atoms with Gasteiger partial charge >= 0.3 is 0 Å². The number of carbonyl (C=O) groups excluding carboxylic acids is 1. The zero-order chi connectivity index (χ0) is 13.1. The molecular formula is C13H16N4O. The van der Waals surface area contributed by atoms with Gasteiger partial charge in [-0.1, -0.05) is 0 Å². The van der Waals surface area contributed by atoms with Gasteiger partial charge in [0.05, 0.1) is 11.3 Å². The predicted octanol–water partition coefficient (Wildman–Crippen LogP) is 2.09. The van der Waals surface area contributed by atoms with Crippen LogP contribution in [0, 0.1) is 13.8 Å². The number of pyridine rings is 1. The molecule has 2 rings (SSSR count). The maximum atomic E-state index is 12.5. The molecule has 2 aromatic heterocycles. The van der Waals surface area contributed by atoms with E-state index in [-0.39, 0.29) is 5.91 Å². The van der Waals surface area contributed by atoms with Gasteiger partial charge in [-0.25, -0.2) is 0 Å². The molecule has 1 amide bonds. The van der Waals surface area contributed by atoms with Crippen LogP contribution in [-0.2, 0) is 0 Å². The number of aryl methyl sites for hydroxylation is 2. The van der Waals surface area contributed by atoms with Crippen LogP contribution in [-0.4, -0.2) is 27.6 Å². The molecule has 5 heteroatoms. The number of H-pyrrole nitrogens is 1. The standard InChI is InChI=1S/C13H16N4O/c1-4-17(11-5-7-14-8-6-11)13(18)12-9(2)15-16-10(12)3/h5-8H,4H2,1-3H3,(H,15,16). The van der Waals surface area contributed by atoms with Crippen LogP contribution in [0.4, 0.5) is 5.69 Å². The summed E-state index contributed by atoms with van der Waals surface area (Å²) in [5.41, 5.74) is 3.01. The summed E-state index contributed by atoms with van der Waals surface area (Å²) in [6.07, 6.45) is 3.36. The van der Waals surface area contributed by atoms with E-state index in [1.165, 1.54) is 0 Å². The summed E-state index contributed by atoms with van der Waals surface area (Å²) in [4.78, 5) is 18.2. The van der Waals surface area contributed by atoms with Gasteiger partial charge in [0.1, 0.15) is 0 Å². The number of aromatic amines is 1. The highest BCUT2D eigenvalue weighted by Gasteiger charge is 2.21. The van der Waals surface area contributed by atoms with Gasteiger partial charge in [0.15, 0.2) is 0 Å². The molecule has 0 atom stereocenters. The molecule has 0 fully saturated rings. The van der Waals surface area contributed by atoms with E-state index in [4.69, 9.17) is 0 Å². The first kappa shape index (κ1) is 12.3. The lowest BCUT2D eigenvalue weighted by atomic mass is 10.1. The predicted molar refractivity (Wildman–Crippen MR) is 69.6 cm³/mol. The van der Waals surface area contributed by atoms with Gasteiger partial charge in [-0.05, 0) is 32.9 Å². The summed E-state index contributed by atoms with van der Waals surface area (Å²) >= 11 is 0. The largest absolute Gasteiger partial charge is 0.308 e. The fraction of sp³-hybridized carbons (Fsp3) is 0.308. The number of rotatable bonds is 3. The quantitative estimate of drug-likeness (QED) is 0.899. The number of anilines is 1. The Morgan fingerprint density at radius 3 is 2.50 bits per heavy atom. The maximum Gasteiger partial charge on any atom is 0.261 e. The number of nitrogens with one attached hydrogen (secondary N) is 1. The monoisotopic (exact) mass is 244 g/mol. The average molecular weight is 244 g/mol. The molecule has 0 unspecified atom stereocenters. The van der Waals surface area contributed by atoms with E-state index in [0.29, 0.717) is 12.1 Å². The van der Waals surface area contributed by atoms with E-state index >= 15 is 0 Å². The topological polar surface area (TPSA) is 61.9 Å². The summed E-state index contributed by atoms with van der Waals surface area (Å²) in [6, 6.07) is 3.65. The van der Waals surface area contributed by atoms with Crippen molar-refractivity contribution < 1.29 is 4.79 Å². The van der Waals surface area contributed by atoms with Crippen molar-refractivity contribution in [2.75, 3.05) is 11.4 Å². The van der Waals surface area contributed by atoms with E-state index in [9.17, 15) is 4.79 Å². The van der Waals surface area contributed by atoms with Crippen LogP contribution in [0.1, 0.15) is 28.7 Å². The fourth-order valence-electron chi connectivity index (χ4n) is 1.97. The van der Waals surface area contributed by atoms with Crippen LogP contribution in [0.3, 0.4) is 0 Å². The Labute approximate surface area is 106 Å². The second-order valence-corrected chi connectivity index (χ2v) is 4.06. The molecule has 0 aliphatic rings. The van der Waals surface area contributed by atoms with Gasteiger partial charge < -0.3 is 4.90 Å². The molecule has 1 N–H and O–H groups in total. The lowest BCUT2D eigenvalue weighted by Crippen LogP contribution is -2.31. The summed E-state index contributed by atoms with van der Waals surface area (Å²) in [5.74, 6) is -0.0348. The van der Waals surface area contributed by atoms with Crippen molar-refractivity contribution in [3.63, 3.8) is 0 Å². The summed E-state index contributed by atoms with van der Waals surface area (Å²) < 4.78 is 0. The molecule has 0 bridgehead atoms. The number of aromatic nitrogens is 3. The Morgan fingerprint density at radius 1 is 1.33 bits per heavy atom. The van der Waals surface area contributed by atoms with Crippen molar-refractivity contribution in [3.05, 3.63) is 41.5 Å². The lowest BCUT2D eigenvalue weighted by molar-refractivity contribution is 0.0987. The third-order valence-electron chi connectivity index (χ3n) is 2.88. The number of nitrogens with zero attached hydrogens (tertiary/aromatic N) is 3. The van der Waals surface area contributed by atoms with Crippen molar-refractivity contribution in [3.8, 4) is 0 Å². The maximum absolute atomic E-state index is 12.5. The number of amides is 1. The second-order valence-electron chi connectivity index (χ2n) is 4.06. The van der Waals surface area contributed by atoms with Gasteiger partial charge in [-0.15, -0.1) is 0 Å². The Morgan fingerprint density at radius 2 is 2.00 bits per heavy atom. The van der Waals surface area contributed by atoms with Crippen molar-refractivity contribution in [1.29, 1.82) is 0 Å². The Hall–Kier alpha value is -2.17. The van der Waals surface area contributed by atoms with E-state index in [1.807, 2.05) is 32.9 Å². The lowest BCUT2D eigenvalue weighted by Gasteiger charge is -2.20. The zero-order valence-corrected chi connectivity index (χ0v) is 10.8. The molecule has 0 aromatic carbocycles. The number of hydrogen-bond acceptors (Lipinski definition) is 3. The number of hydrogen-bond donors (Lipinski definition) is 1. The molecule has 0 spiro atoms. The van der Waals surface area contributed by atoms with E-state index < -0.39 is 0 Å². The molecule has 2 aromatic rings. The van der Waals surface area contributed by atoms with E-state index in [2.05, 4.69) is 15.2 Å². The normalized spacial score (nSPS) is 10.4. The molecule has 18 heavy (non-hydrogen) atoms. The van der Waals surface area contributed by atoms with Crippen LogP contribution in [0.5, 0.6) is 0 Å². The number of carbonyl (C=O) groups is 1. The van der Waals surface area contributed by atoms with Crippen LogP contribution in [0.15, 0.2) is 24.5 Å². The highest BCUT2D eigenvalue weighted by Crippen LogP contribution is 2.18. The molecule has 0 aliphatic carbocycles. The van der Waals surface area contributed by atoms with Gasteiger partial charge in [0, 0.05) is 30.3 Å². The molecule has 0 radical (unpaired) electrons. The molecule has 0 saturated heterocycles. The van der Waals surface area contributed by atoms with Crippen LogP contribution in [0.2, 0.25) is 0 Å². The van der Waals surface area contributed by atoms with E-state index in [1.54, 1.807) is 17.3 Å². The highest BCUT2D eigenvalue weighted by atomic mass is 16.2. The van der Waals surface area contributed by atoms with Gasteiger partial charge in [0.25, 0.3) is 5.91 Å². The smallest absolute Gasteiger partial charge is 0.261 e. The molecule has 0 aliphatic heterocycles. The molecule has 5 nitrogen and oxygen atoms in total. The van der Waals surface area contributed by atoms with Crippen molar-refractivity contribution in [2.24, 2.45) is 0 Å². The van der Waals surface area contributed by atoms with Crippen LogP contribution in [0.25, 0.3) is 0 Å². The second kappa shape index (κ2) is 5.00. The SMILES string of the molecule is CCN(C(=O)c1c(C)n[nH]c1C)c1ccncc1. The summed E-state index contributed by atoms with van der Waals surface area (Å²) in [7, 11) is 0. The summed E-state index contributed by atoms with van der Waals surface area (Å²) in [5, 5.41) is 6.90. The molecule has 94 valence electrons. The average Bonchev–Trinajstić information content (AvgIpc) is 2.71. The minimum Gasteiger partial charge on any atom is -0.308 e.